The zero-order valence-electron chi connectivity index (χ0n) is 17.2. The number of methoxy groups -OCH3 is 1. The molecule has 0 amide bonds. The van der Waals surface area contributed by atoms with Gasteiger partial charge in [-0.25, -0.2) is 9.97 Å². The summed E-state index contributed by atoms with van der Waals surface area (Å²) in [4.78, 5) is 25.6. The summed E-state index contributed by atoms with van der Waals surface area (Å²) in [6, 6.07) is 14.5. The minimum atomic E-state index is -0.475. The van der Waals surface area contributed by atoms with Crippen molar-refractivity contribution >= 4 is 39.9 Å². The van der Waals surface area contributed by atoms with Crippen LogP contribution in [0.1, 0.15) is 21.7 Å². The average molecular weight is 480 g/mol. The molecule has 0 saturated heterocycles. The van der Waals surface area contributed by atoms with E-state index < -0.39 is 5.78 Å². The Kier molecular flexibility index (Phi) is 5.53. The lowest BCUT2D eigenvalue weighted by Crippen LogP contribution is -2.05. The minimum Gasteiger partial charge on any atom is -0.497 e. The molecule has 10 heteroatoms. The normalized spacial score (nSPS) is 11.1. The topological polar surface area (TPSA) is 95.9 Å². The summed E-state index contributed by atoms with van der Waals surface area (Å²) in [7, 11) is 1.56. The van der Waals surface area contributed by atoms with Crippen molar-refractivity contribution < 1.29 is 14.1 Å². The highest BCUT2D eigenvalue weighted by atomic mass is 35.5. The molecule has 0 aliphatic heterocycles. The number of benzene rings is 2. The van der Waals surface area contributed by atoms with Crippen molar-refractivity contribution in [2.75, 3.05) is 7.11 Å². The van der Waals surface area contributed by atoms with Crippen molar-refractivity contribution in [2.24, 2.45) is 0 Å². The van der Waals surface area contributed by atoms with Gasteiger partial charge < -0.3 is 13.8 Å². The average Bonchev–Trinajstić information content (AvgIpc) is 3.44. The summed E-state index contributed by atoms with van der Waals surface area (Å²) >= 11 is 12.8. The molecule has 164 valence electrons. The van der Waals surface area contributed by atoms with Gasteiger partial charge in [-0.05, 0) is 42.0 Å². The molecule has 3 heterocycles. The van der Waals surface area contributed by atoms with Crippen LogP contribution in [0, 0.1) is 0 Å². The SMILES string of the molecule is COc1ccc2c(c1)c(C(=O)c1noc(-c3ccncn3)n1)c(Cl)n2Cc1ccc(Cl)cc1. The maximum atomic E-state index is 13.5. The predicted molar refractivity (Wildman–Crippen MR) is 123 cm³/mol. The third-order valence-electron chi connectivity index (χ3n) is 5.12. The molecule has 0 bridgehead atoms. The molecule has 3 aromatic heterocycles. The second-order valence-electron chi connectivity index (χ2n) is 7.11. The number of nitrogens with zero attached hydrogens (tertiary/aromatic N) is 5. The first kappa shape index (κ1) is 21.1. The maximum Gasteiger partial charge on any atom is 0.277 e. The number of aromatic nitrogens is 5. The minimum absolute atomic E-state index is 0.111. The van der Waals surface area contributed by atoms with Crippen molar-refractivity contribution in [3.05, 3.63) is 88.2 Å². The highest BCUT2D eigenvalue weighted by Crippen LogP contribution is 2.35. The number of halogens is 2. The van der Waals surface area contributed by atoms with Gasteiger partial charge in [0.25, 0.3) is 5.89 Å². The van der Waals surface area contributed by atoms with Gasteiger partial charge in [-0.3, -0.25) is 4.79 Å². The predicted octanol–water partition coefficient (Wildman–Crippen LogP) is 5.08. The van der Waals surface area contributed by atoms with Gasteiger partial charge in [-0.1, -0.05) is 40.5 Å². The molecule has 0 unspecified atom stereocenters. The van der Waals surface area contributed by atoms with Crippen molar-refractivity contribution in [3.63, 3.8) is 0 Å². The lowest BCUT2D eigenvalue weighted by Gasteiger charge is -2.08. The first-order valence-corrected chi connectivity index (χ1v) is 10.6. The van der Waals surface area contributed by atoms with Gasteiger partial charge in [0.05, 0.1) is 18.2 Å². The summed E-state index contributed by atoms with van der Waals surface area (Å²) in [6.07, 6.45) is 2.90. The second kappa shape index (κ2) is 8.65. The zero-order valence-corrected chi connectivity index (χ0v) is 18.7. The molecule has 5 rings (SSSR count). The second-order valence-corrected chi connectivity index (χ2v) is 7.90. The molecular formula is C23H15Cl2N5O3. The van der Waals surface area contributed by atoms with E-state index in [0.717, 1.165) is 11.1 Å². The molecule has 0 fully saturated rings. The number of hydrogen-bond donors (Lipinski definition) is 0. The van der Waals surface area contributed by atoms with Crippen molar-refractivity contribution in [3.8, 4) is 17.3 Å². The van der Waals surface area contributed by atoms with E-state index in [4.69, 9.17) is 32.5 Å². The van der Waals surface area contributed by atoms with Crippen LogP contribution in [0.25, 0.3) is 22.5 Å². The molecule has 33 heavy (non-hydrogen) atoms. The quantitative estimate of drug-likeness (QED) is 0.313. The largest absolute Gasteiger partial charge is 0.497 e. The molecule has 0 spiro atoms. The number of ketones is 1. The van der Waals surface area contributed by atoms with Gasteiger partial charge in [-0.2, -0.15) is 4.98 Å². The molecule has 8 nitrogen and oxygen atoms in total. The highest BCUT2D eigenvalue weighted by Gasteiger charge is 2.27. The molecule has 0 atom stereocenters. The van der Waals surface area contributed by atoms with Crippen LogP contribution < -0.4 is 4.74 Å². The molecule has 2 aromatic carbocycles. The van der Waals surface area contributed by atoms with Crippen LogP contribution in [-0.4, -0.2) is 37.6 Å². The standard InChI is InChI=1S/C23H15Cl2N5O3/c1-32-15-6-7-18-16(10-15)19(21(25)30(18)11-13-2-4-14(24)5-3-13)20(31)22-28-23(33-29-22)17-8-9-26-12-27-17/h2-10,12H,11H2,1H3. The van der Waals surface area contributed by atoms with Crippen LogP contribution in [0.4, 0.5) is 0 Å². The molecule has 0 N–H and O–H groups in total. The van der Waals surface area contributed by atoms with E-state index in [1.54, 1.807) is 37.6 Å². The lowest BCUT2D eigenvalue weighted by atomic mass is 10.1. The Bertz CT molecular complexity index is 1460. The summed E-state index contributed by atoms with van der Waals surface area (Å²) < 4.78 is 12.5. The number of rotatable bonds is 6. The fraction of sp³-hybridized carbons (Fsp3) is 0.0870. The number of carbonyl (C=O) groups is 1. The number of carbonyl (C=O) groups excluding carboxylic acids is 1. The first-order chi connectivity index (χ1) is 16.0. The summed E-state index contributed by atoms with van der Waals surface area (Å²) in [6.45, 7) is 0.435. The Morgan fingerprint density at radius 3 is 2.67 bits per heavy atom. The molecule has 0 aliphatic carbocycles. The Morgan fingerprint density at radius 2 is 1.94 bits per heavy atom. The van der Waals surface area contributed by atoms with Crippen molar-refractivity contribution in [1.82, 2.24) is 24.7 Å². The van der Waals surface area contributed by atoms with Crippen molar-refractivity contribution in [1.29, 1.82) is 0 Å². The third kappa shape index (κ3) is 3.94. The Balaban J connectivity index is 1.61. The van der Waals surface area contributed by atoms with Crippen molar-refractivity contribution in [2.45, 2.75) is 6.54 Å². The van der Waals surface area contributed by atoms with E-state index in [1.807, 2.05) is 28.8 Å². The van der Waals surface area contributed by atoms with Gasteiger partial charge in [0.2, 0.25) is 11.6 Å². The Hall–Kier alpha value is -3.75. The lowest BCUT2D eigenvalue weighted by molar-refractivity contribution is 0.102. The summed E-state index contributed by atoms with van der Waals surface area (Å²) in [5.41, 5.74) is 2.40. The van der Waals surface area contributed by atoms with Gasteiger partial charge in [0.15, 0.2) is 0 Å². The highest BCUT2D eigenvalue weighted by molar-refractivity contribution is 6.37. The number of ether oxygens (including phenoxy) is 1. The van der Waals surface area contributed by atoms with E-state index in [2.05, 4.69) is 20.1 Å². The smallest absolute Gasteiger partial charge is 0.277 e. The Morgan fingerprint density at radius 1 is 1.12 bits per heavy atom. The van der Waals surface area contributed by atoms with E-state index in [0.29, 0.717) is 28.4 Å². The number of fused-ring (bicyclic) bond motifs is 1. The monoisotopic (exact) mass is 479 g/mol. The summed E-state index contributed by atoms with van der Waals surface area (Å²) in [5.74, 6) is 0.0991. The van der Waals surface area contributed by atoms with E-state index >= 15 is 0 Å². The van der Waals surface area contributed by atoms with Gasteiger partial charge in [0, 0.05) is 23.2 Å². The molecule has 0 aliphatic rings. The molecular weight excluding hydrogens is 465 g/mol. The third-order valence-corrected chi connectivity index (χ3v) is 5.76. The molecule has 0 radical (unpaired) electrons. The molecule has 5 aromatic rings. The van der Waals surface area contributed by atoms with Crippen LogP contribution >= 0.6 is 23.2 Å². The van der Waals surface area contributed by atoms with Crippen LogP contribution in [-0.2, 0) is 6.54 Å². The zero-order chi connectivity index (χ0) is 22.9. The van der Waals surface area contributed by atoms with Crippen LogP contribution in [0.5, 0.6) is 5.75 Å². The molecule has 0 saturated carbocycles. The van der Waals surface area contributed by atoms with Crippen LogP contribution in [0.3, 0.4) is 0 Å². The number of hydrogen-bond acceptors (Lipinski definition) is 7. The van der Waals surface area contributed by atoms with E-state index in [1.165, 1.54) is 6.33 Å². The van der Waals surface area contributed by atoms with Gasteiger partial charge in [-0.15, -0.1) is 0 Å². The van der Waals surface area contributed by atoms with Crippen LogP contribution in [0.2, 0.25) is 10.2 Å². The summed E-state index contributed by atoms with van der Waals surface area (Å²) in [5, 5.41) is 5.36. The van der Waals surface area contributed by atoms with Gasteiger partial charge >= 0.3 is 0 Å². The van der Waals surface area contributed by atoms with Gasteiger partial charge in [0.1, 0.15) is 22.9 Å². The first-order valence-electron chi connectivity index (χ1n) is 9.80. The maximum absolute atomic E-state index is 13.5. The Labute approximate surface area is 197 Å². The van der Waals surface area contributed by atoms with E-state index in [9.17, 15) is 4.79 Å². The fourth-order valence-electron chi connectivity index (χ4n) is 3.52. The van der Waals surface area contributed by atoms with E-state index in [-0.39, 0.29) is 22.4 Å². The fourth-order valence-corrected chi connectivity index (χ4v) is 3.99. The van der Waals surface area contributed by atoms with Crippen LogP contribution in [0.15, 0.2) is 65.6 Å².